The Balaban J connectivity index is 0.000000336. The van der Waals surface area contributed by atoms with Crippen molar-refractivity contribution in [3.8, 4) is 5.75 Å². The van der Waals surface area contributed by atoms with Gasteiger partial charge in [-0.25, -0.2) is 4.79 Å². The van der Waals surface area contributed by atoms with Crippen LogP contribution in [0.25, 0.3) is 0 Å². The number of carbonyl (C=O) groups excluding carboxylic acids is 1. The zero-order valence-electron chi connectivity index (χ0n) is 9.20. The van der Waals surface area contributed by atoms with E-state index in [1.54, 1.807) is 24.3 Å². The summed E-state index contributed by atoms with van der Waals surface area (Å²) in [6.07, 6.45) is 4.08. The fraction of sp³-hybridized carbons (Fsp3) is 0.417. The summed E-state index contributed by atoms with van der Waals surface area (Å²) in [5.41, 5.74) is -0.814. The number of benzene rings is 1. The van der Waals surface area contributed by atoms with Gasteiger partial charge in [0.2, 0.25) is 0 Å². The minimum absolute atomic E-state index is 0.461. The minimum atomic E-state index is -0.814. The number of hydrogen-bond acceptors (Lipinski definition) is 2. The van der Waals surface area contributed by atoms with Crippen molar-refractivity contribution >= 4 is 17.0 Å². The maximum Gasteiger partial charge on any atom is 0.409 e. The summed E-state index contributed by atoms with van der Waals surface area (Å²) in [6, 6.07) is 8.65. The second-order valence-electron chi connectivity index (χ2n) is 3.01. The molecule has 2 nitrogen and oxygen atoms in total. The Hall–Kier alpha value is -1.02. The molecule has 0 saturated carbocycles. The fourth-order valence-electron chi connectivity index (χ4n) is 0.935. The molecular weight excluding hydrogens is 212 g/mol. The van der Waals surface area contributed by atoms with Crippen LogP contribution in [0.1, 0.15) is 33.1 Å². The Bertz CT molecular complexity index is 258. The van der Waals surface area contributed by atoms with Gasteiger partial charge in [-0.3, -0.25) is 0 Å². The van der Waals surface area contributed by atoms with E-state index in [1.165, 1.54) is 19.3 Å². The Morgan fingerprint density at radius 2 is 1.73 bits per heavy atom. The van der Waals surface area contributed by atoms with Crippen molar-refractivity contribution in [2.75, 3.05) is 0 Å². The first-order chi connectivity index (χ1) is 7.20. The molecule has 0 atom stereocenters. The van der Waals surface area contributed by atoms with Crippen molar-refractivity contribution in [2.24, 2.45) is 0 Å². The van der Waals surface area contributed by atoms with Crippen LogP contribution in [0.5, 0.6) is 5.75 Å². The summed E-state index contributed by atoms with van der Waals surface area (Å²) >= 11 is 4.95. The number of halogens is 1. The standard InChI is InChI=1S/C7H5ClO2.C5H12/c8-7(9)10-6-4-2-1-3-5-6;1-3-5-4-2/h1-5H;3-5H2,1-2H3. The molecule has 3 heteroatoms. The number of rotatable bonds is 3. The van der Waals surface area contributed by atoms with Gasteiger partial charge < -0.3 is 4.74 Å². The maximum atomic E-state index is 10.2. The highest BCUT2D eigenvalue weighted by Gasteiger charge is 1.95. The highest BCUT2D eigenvalue weighted by atomic mass is 35.5. The third kappa shape index (κ3) is 9.29. The van der Waals surface area contributed by atoms with Crippen LogP contribution in [0.4, 0.5) is 4.79 Å². The van der Waals surface area contributed by atoms with Crippen molar-refractivity contribution < 1.29 is 9.53 Å². The van der Waals surface area contributed by atoms with Crippen molar-refractivity contribution in [2.45, 2.75) is 33.1 Å². The topological polar surface area (TPSA) is 26.3 Å². The summed E-state index contributed by atoms with van der Waals surface area (Å²) in [6.45, 7) is 4.42. The second kappa shape index (κ2) is 9.53. The predicted octanol–water partition coefficient (Wildman–Crippen LogP) is 4.62. The lowest BCUT2D eigenvalue weighted by Gasteiger charge is -1.95. The number of carbonyl (C=O) groups is 1. The lowest BCUT2D eigenvalue weighted by atomic mass is 10.3. The quantitative estimate of drug-likeness (QED) is 0.706. The molecule has 0 amide bonds. The molecule has 0 fully saturated rings. The van der Waals surface area contributed by atoms with Crippen molar-refractivity contribution in [1.29, 1.82) is 0 Å². The first-order valence-electron chi connectivity index (χ1n) is 5.13. The van der Waals surface area contributed by atoms with Crippen molar-refractivity contribution in [3.63, 3.8) is 0 Å². The fourth-order valence-corrected chi connectivity index (χ4v) is 1.02. The normalized spacial score (nSPS) is 8.73. The molecular formula is C12H17ClO2. The third-order valence-corrected chi connectivity index (χ3v) is 1.73. The van der Waals surface area contributed by atoms with Crippen molar-refractivity contribution in [3.05, 3.63) is 30.3 Å². The summed E-state index contributed by atoms with van der Waals surface area (Å²) in [7, 11) is 0. The van der Waals surface area contributed by atoms with Crippen LogP contribution >= 0.6 is 11.6 Å². The van der Waals surface area contributed by atoms with Gasteiger partial charge in [0, 0.05) is 11.6 Å². The van der Waals surface area contributed by atoms with Crippen LogP contribution < -0.4 is 4.74 Å². The van der Waals surface area contributed by atoms with Gasteiger partial charge in [-0.05, 0) is 12.1 Å². The maximum absolute atomic E-state index is 10.2. The smallest absolute Gasteiger partial charge is 0.409 e. The van der Waals surface area contributed by atoms with Crippen LogP contribution in [0.3, 0.4) is 0 Å². The van der Waals surface area contributed by atoms with Crippen LogP contribution in [-0.4, -0.2) is 5.43 Å². The van der Waals surface area contributed by atoms with Gasteiger partial charge in [0.15, 0.2) is 0 Å². The molecule has 0 aromatic heterocycles. The molecule has 1 aromatic carbocycles. The average molecular weight is 229 g/mol. The summed E-state index contributed by atoms with van der Waals surface area (Å²) in [5.74, 6) is 0.461. The SMILES string of the molecule is CCCCC.O=C(Cl)Oc1ccccc1. The summed E-state index contributed by atoms with van der Waals surface area (Å²) in [4.78, 5) is 10.2. The van der Waals surface area contributed by atoms with Gasteiger partial charge in [0.25, 0.3) is 0 Å². The lowest BCUT2D eigenvalue weighted by molar-refractivity contribution is 0.225. The number of para-hydroxylation sites is 1. The first-order valence-corrected chi connectivity index (χ1v) is 5.50. The molecule has 15 heavy (non-hydrogen) atoms. The molecule has 1 rings (SSSR count). The molecule has 0 heterocycles. The number of unbranched alkanes of at least 4 members (excludes halogenated alkanes) is 2. The van der Waals surface area contributed by atoms with E-state index in [0.717, 1.165) is 0 Å². The molecule has 0 aliphatic rings. The number of ether oxygens (including phenoxy) is 1. The highest BCUT2D eigenvalue weighted by Crippen LogP contribution is 2.09. The van der Waals surface area contributed by atoms with E-state index in [9.17, 15) is 4.79 Å². The van der Waals surface area contributed by atoms with Gasteiger partial charge in [-0.1, -0.05) is 51.3 Å². The molecule has 0 aliphatic carbocycles. The largest absolute Gasteiger partial charge is 0.415 e. The van der Waals surface area contributed by atoms with E-state index in [2.05, 4.69) is 18.6 Å². The Kier molecular flexibility index (Phi) is 8.88. The minimum Gasteiger partial charge on any atom is -0.415 e. The Labute approximate surface area is 96.2 Å². The van der Waals surface area contributed by atoms with E-state index in [1.807, 2.05) is 6.07 Å². The molecule has 0 saturated heterocycles. The third-order valence-electron chi connectivity index (χ3n) is 1.65. The number of hydrogen-bond donors (Lipinski definition) is 0. The van der Waals surface area contributed by atoms with Gasteiger partial charge in [-0.15, -0.1) is 0 Å². The van der Waals surface area contributed by atoms with Gasteiger partial charge in [0.1, 0.15) is 5.75 Å². The van der Waals surface area contributed by atoms with Gasteiger partial charge in [0.05, 0.1) is 0 Å². The average Bonchev–Trinajstić information content (AvgIpc) is 2.20. The molecule has 0 radical (unpaired) electrons. The Morgan fingerprint density at radius 3 is 2.07 bits per heavy atom. The monoisotopic (exact) mass is 228 g/mol. The van der Waals surface area contributed by atoms with E-state index in [-0.39, 0.29) is 0 Å². The molecule has 84 valence electrons. The van der Waals surface area contributed by atoms with Crippen LogP contribution in [-0.2, 0) is 0 Å². The van der Waals surface area contributed by atoms with Gasteiger partial charge in [-0.2, -0.15) is 0 Å². The first kappa shape index (κ1) is 14.0. The van der Waals surface area contributed by atoms with E-state index in [0.29, 0.717) is 5.75 Å². The van der Waals surface area contributed by atoms with Gasteiger partial charge >= 0.3 is 5.43 Å². The summed E-state index contributed by atoms with van der Waals surface area (Å²) < 4.78 is 4.54. The van der Waals surface area contributed by atoms with E-state index in [4.69, 9.17) is 11.6 Å². The molecule has 0 aliphatic heterocycles. The van der Waals surface area contributed by atoms with Crippen LogP contribution in [0, 0.1) is 0 Å². The molecule has 1 aromatic rings. The molecule has 0 bridgehead atoms. The van der Waals surface area contributed by atoms with E-state index < -0.39 is 5.43 Å². The predicted molar refractivity (Wildman–Crippen MR) is 63.5 cm³/mol. The molecule has 0 N–H and O–H groups in total. The van der Waals surface area contributed by atoms with Crippen LogP contribution in [0.2, 0.25) is 0 Å². The molecule has 0 spiro atoms. The zero-order valence-corrected chi connectivity index (χ0v) is 9.96. The Morgan fingerprint density at radius 1 is 1.20 bits per heavy atom. The van der Waals surface area contributed by atoms with Crippen LogP contribution in [0.15, 0.2) is 30.3 Å². The summed E-state index contributed by atoms with van der Waals surface area (Å²) in [5, 5.41) is 0. The highest BCUT2D eigenvalue weighted by molar-refractivity contribution is 6.61. The van der Waals surface area contributed by atoms with E-state index >= 15 is 0 Å². The molecule has 0 unspecified atom stereocenters. The zero-order chi connectivity index (χ0) is 11.5. The second-order valence-corrected chi connectivity index (χ2v) is 3.31. The lowest BCUT2D eigenvalue weighted by Crippen LogP contribution is -1.94. The van der Waals surface area contributed by atoms with Crippen molar-refractivity contribution in [1.82, 2.24) is 0 Å².